The standard InChI is InChI=1S/C28H25FN2O5S/c1-4-35-27(33)20-9-11-22(12-10-20)30-28-31(2)26(32)25(37-28)16-18-8-13-23(24(15-18)34-3)36-17-19-6-5-7-21(29)14-19/h5-16H,4,17H2,1-3H3/b25-16-,30-28?. The van der Waals surface area contributed by atoms with Gasteiger partial charge in [0, 0.05) is 7.05 Å². The normalized spacial score (nSPS) is 15.4. The van der Waals surface area contributed by atoms with Crippen molar-refractivity contribution in [2.45, 2.75) is 13.5 Å². The zero-order chi connectivity index (χ0) is 26.4. The molecule has 0 aliphatic carbocycles. The van der Waals surface area contributed by atoms with E-state index in [0.717, 1.165) is 5.56 Å². The second kappa shape index (κ2) is 11.7. The van der Waals surface area contributed by atoms with Crippen LogP contribution in [-0.4, -0.2) is 42.7 Å². The van der Waals surface area contributed by atoms with Gasteiger partial charge in [-0.3, -0.25) is 9.69 Å². The minimum atomic E-state index is -0.393. The number of thioether (sulfide) groups is 1. The fourth-order valence-electron chi connectivity index (χ4n) is 3.48. The number of hydrogen-bond donors (Lipinski definition) is 0. The van der Waals surface area contributed by atoms with Crippen LogP contribution in [0.4, 0.5) is 10.1 Å². The molecule has 1 heterocycles. The minimum Gasteiger partial charge on any atom is -0.493 e. The molecule has 190 valence electrons. The Kier molecular flexibility index (Phi) is 8.25. The highest BCUT2D eigenvalue weighted by Crippen LogP contribution is 2.35. The van der Waals surface area contributed by atoms with Crippen LogP contribution in [0.2, 0.25) is 0 Å². The smallest absolute Gasteiger partial charge is 0.338 e. The third-order valence-corrected chi connectivity index (χ3v) is 6.44. The van der Waals surface area contributed by atoms with Gasteiger partial charge in [-0.25, -0.2) is 14.2 Å². The first-order valence-corrected chi connectivity index (χ1v) is 12.3. The number of nitrogens with zero attached hydrogens (tertiary/aromatic N) is 2. The summed E-state index contributed by atoms with van der Waals surface area (Å²) >= 11 is 1.25. The summed E-state index contributed by atoms with van der Waals surface area (Å²) in [4.78, 5) is 31.2. The van der Waals surface area contributed by atoms with Crippen molar-refractivity contribution >= 4 is 40.6 Å². The van der Waals surface area contributed by atoms with Crippen LogP contribution in [0, 0.1) is 5.82 Å². The lowest BCUT2D eigenvalue weighted by Gasteiger charge is -2.11. The second-order valence-corrected chi connectivity index (χ2v) is 8.97. The van der Waals surface area contributed by atoms with Crippen LogP contribution < -0.4 is 9.47 Å². The number of aliphatic imine (C=N–C) groups is 1. The predicted octanol–water partition coefficient (Wildman–Crippen LogP) is 5.82. The number of esters is 1. The third kappa shape index (κ3) is 6.37. The number of amidine groups is 1. The Morgan fingerprint density at radius 1 is 1.08 bits per heavy atom. The molecule has 0 radical (unpaired) electrons. The number of methoxy groups -OCH3 is 1. The largest absolute Gasteiger partial charge is 0.493 e. The second-order valence-electron chi connectivity index (χ2n) is 7.97. The van der Waals surface area contributed by atoms with Crippen LogP contribution in [0.1, 0.15) is 28.4 Å². The summed E-state index contributed by atoms with van der Waals surface area (Å²) in [5.41, 5.74) is 2.50. The Morgan fingerprint density at radius 2 is 1.86 bits per heavy atom. The van der Waals surface area contributed by atoms with Gasteiger partial charge in [0.05, 0.1) is 29.9 Å². The highest BCUT2D eigenvalue weighted by atomic mass is 32.2. The van der Waals surface area contributed by atoms with Gasteiger partial charge in [0.25, 0.3) is 5.91 Å². The van der Waals surface area contributed by atoms with E-state index in [-0.39, 0.29) is 18.3 Å². The summed E-state index contributed by atoms with van der Waals surface area (Å²) in [7, 11) is 3.19. The number of carbonyl (C=O) groups is 2. The molecule has 4 rings (SSSR count). The van der Waals surface area contributed by atoms with Crippen LogP contribution in [-0.2, 0) is 16.1 Å². The van der Waals surface area contributed by atoms with Crippen molar-refractivity contribution in [3.05, 3.63) is 94.1 Å². The number of ether oxygens (including phenoxy) is 3. The first-order chi connectivity index (χ1) is 17.9. The topological polar surface area (TPSA) is 77.4 Å². The highest BCUT2D eigenvalue weighted by molar-refractivity contribution is 8.18. The molecule has 0 N–H and O–H groups in total. The summed E-state index contributed by atoms with van der Waals surface area (Å²) < 4.78 is 29.7. The molecule has 1 fully saturated rings. The Morgan fingerprint density at radius 3 is 2.57 bits per heavy atom. The molecule has 1 aliphatic heterocycles. The van der Waals surface area contributed by atoms with Crippen molar-refractivity contribution < 1.29 is 28.2 Å². The molecule has 1 aliphatic rings. The SMILES string of the molecule is CCOC(=O)c1ccc(N=C2S/C(=C\c3ccc(OCc4cccc(F)c4)c(OC)c3)C(=O)N2C)cc1. The Labute approximate surface area is 218 Å². The quantitative estimate of drug-likeness (QED) is 0.275. The van der Waals surface area contributed by atoms with Crippen LogP contribution in [0.3, 0.4) is 0 Å². The number of carbonyl (C=O) groups excluding carboxylic acids is 2. The Bertz CT molecular complexity index is 1370. The van der Waals surface area contributed by atoms with Crippen molar-refractivity contribution in [1.82, 2.24) is 4.90 Å². The lowest BCUT2D eigenvalue weighted by atomic mass is 10.1. The molecule has 3 aromatic carbocycles. The van der Waals surface area contributed by atoms with Gasteiger partial charge < -0.3 is 14.2 Å². The molecule has 0 bridgehead atoms. The summed E-state index contributed by atoms with van der Waals surface area (Å²) in [6.07, 6.45) is 1.76. The molecule has 1 saturated heterocycles. The maximum Gasteiger partial charge on any atom is 0.338 e. The number of amides is 1. The number of likely N-dealkylation sites (N-methyl/N-ethyl adjacent to an activating group) is 1. The molecule has 0 saturated carbocycles. The fraction of sp³-hybridized carbons (Fsp3) is 0.179. The molecule has 9 heteroatoms. The van der Waals surface area contributed by atoms with E-state index in [1.165, 1.54) is 35.9 Å². The van der Waals surface area contributed by atoms with Crippen molar-refractivity contribution in [1.29, 1.82) is 0 Å². The van der Waals surface area contributed by atoms with Crippen molar-refractivity contribution in [3.63, 3.8) is 0 Å². The van der Waals surface area contributed by atoms with Gasteiger partial charge in [0.15, 0.2) is 16.7 Å². The summed E-state index contributed by atoms with van der Waals surface area (Å²) in [5.74, 6) is 0.0953. The first-order valence-electron chi connectivity index (χ1n) is 11.5. The molecule has 7 nitrogen and oxygen atoms in total. The van der Waals surface area contributed by atoms with Crippen LogP contribution in [0.5, 0.6) is 11.5 Å². The van der Waals surface area contributed by atoms with Crippen molar-refractivity contribution in [2.75, 3.05) is 20.8 Å². The fourth-order valence-corrected chi connectivity index (χ4v) is 4.47. The van der Waals surface area contributed by atoms with Gasteiger partial charge in [0.1, 0.15) is 12.4 Å². The van der Waals surface area contributed by atoms with Crippen LogP contribution in [0.25, 0.3) is 6.08 Å². The molecular weight excluding hydrogens is 495 g/mol. The van der Waals surface area contributed by atoms with Crippen molar-refractivity contribution in [3.8, 4) is 11.5 Å². The van der Waals surface area contributed by atoms with Gasteiger partial charge in [-0.15, -0.1) is 0 Å². The third-order valence-electron chi connectivity index (χ3n) is 5.38. The zero-order valence-corrected chi connectivity index (χ0v) is 21.4. The van der Waals surface area contributed by atoms with E-state index < -0.39 is 5.97 Å². The van der Waals surface area contributed by atoms with E-state index >= 15 is 0 Å². The molecule has 0 unspecified atom stereocenters. The molecule has 0 aromatic heterocycles. The number of benzene rings is 3. The average molecular weight is 521 g/mol. The summed E-state index contributed by atoms with van der Waals surface area (Å²) in [5, 5.41) is 0.516. The predicted molar refractivity (Wildman–Crippen MR) is 142 cm³/mol. The molecule has 0 atom stereocenters. The average Bonchev–Trinajstić information content (AvgIpc) is 3.16. The zero-order valence-electron chi connectivity index (χ0n) is 20.6. The maximum absolute atomic E-state index is 13.4. The Hall–Kier alpha value is -4.11. The van der Waals surface area contributed by atoms with Crippen LogP contribution >= 0.6 is 11.8 Å². The lowest BCUT2D eigenvalue weighted by Crippen LogP contribution is -2.23. The van der Waals surface area contributed by atoms with Gasteiger partial charge in [-0.1, -0.05) is 18.2 Å². The lowest BCUT2D eigenvalue weighted by molar-refractivity contribution is -0.121. The summed E-state index contributed by atoms with van der Waals surface area (Å²) in [6, 6.07) is 18.2. The van der Waals surface area contributed by atoms with Gasteiger partial charge in [0.2, 0.25) is 0 Å². The van der Waals surface area contributed by atoms with E-state index in [4.69, 9.17) is 14.2 Å². The molecule has 1 amide bonds. The van der Waals surface area contributed by atoms with Gasteiger partial charge in [-0.05, 0) is 84.4 Å². The number of rotatable bonds is 8. The molecule has 3 aromatic rings. The highest BCUT2D eigenvalue weighted by Gasteiger charge is 2.30. The van der Waals surface area contributed by atoms with Gasteiger partial charge >= 0.3 is 5.97 Å². The molecular formula is C28H25FN2O5S. The van der Waals surface area contributed by atoms with E-state index in [1.54, 1.807) is 68.6 Å². The number of hydrogen-bond acceptors (Lipinski definition) is 7. The van der Waals surface area contributed by atoms with Crippen molar-refractivity contribution in [2.24, 2.45) is 4.99 Å². The molecule has 0 spiro atoms. The minimum absolute atomic E-state index is 0.183. The number of halogens is 1. The molecule has 37 heavy (non-hydrogen) atoms. The van der Waals surface area contributed by atoms with Gasteiger partial charge in [-0.2, -0.15) is 0 Å². The maximum atomic E-state index is 13.4. The van der Waals surface area contributed by atoms with E-state index in [1.807, 2.05) is 6.07 Å². The summed E-state index contributed by atoms with van der Waals surface area (Å²) in [6.45, 7) is 2.24. The van der Waals surface area contributed by atoms with E-state index in [9.17, 15) is 14.0 Å². The van der Waals surface area contributed by atoms with Crippen LogP contribution in [0.15, 0.2) is 76.6 Å². The Balaban J connectivity index is 1.48. The monoisotopic (exact) mass is 520 g/mol. The first kappa shape index (κ1) is 26.0. The van der Waals surface area contributed by atoms with E-state index in [2.05, 4.69) is 4.99 Å². The van der Waals surface area contributed by atoms with E-state index in [0.29, 0.717) is 45.0 Å².